The predicted molar refractivity (Wildman–Crippen MR) is 88.5 cm³/mol. The zero-order chi connectivity index (χ0) is 18.9. The number of anilines is 1. The fourth-order valence-electron chi connectivity index (χ4n) is 2.79. The Hall–Kier alpha value is -2.64. The van der Waals surface area contributed by atoms with Crippen LogP contribution in [0.25, 0.3) is 0 Å². The standard InChI is InChI=1S/C18H17F4N3O/c1-12-2-3-13(10-15(12)19)17(26)25-8-6-24(7-9-25)16-5-4-14(11-23-16)18(20,21)22/h2-5,10-11H,6-9H2,1H3. The smallest absolute Gasteiger partial charge is 0.353 e. The lowest BCUT2D eigenvalue weighted by Gasteiger charge is -2.35. The van der Waals surface area contributed by atoms with Crippen molar-refractivity contribution < 1.29 is 22.4 Å². The fraction of sp³-hybridized carbons (Fsp3) is 0.333. The number of alkyl halides is 3. The van der Waals surface area contributed by atoms with Gasteiger partial charge in [-0.1, -0.05) is 6.07 Å². The summed E-state index contributed by atoms with van der Waals surface area (Å²) in [7, 11) is 0. The molecule has 1 amide bonds. The quantitative estimate of drug-likeness (QED) is 0.763. The summed E-state index contributed by atoms with van der Waals surface area (Å²) in [6.07, 6.45) is -3.61. The van der Waals surface area contributed by atoms with Crippen LogP contribution in [0.3, 0.4) is 0 Å². The third-order valence-electron chi connectivity index (χ3n) is 4.38. The zero-order valence-electron chi connectivity index (χ0n) is 14.1. The van der Waals surface area contributed by atoms with Crippen molar-refractivity contribution in [2.24, 2.45) is 0 Å². The van der Waals surface area contributed by atoms with Crippen molar-refractivity contribution in [2.45, 2.75) is 13.1 Å². The van der Waals surface area contributed by atoms with Gasteiger partial charge in [-0.3, -0.25) is 4.79 Å². The zero-order valence-corrected chi connectivity index (χ0v) is 14.1. The molecule has 1 saturated heterocycles. The molecule has 0 N–H and O–H groups in total. The highest BCUT2D eigenvalue weighted by molar-refractivity contribution is 5.94. The summed E-state index contributed by atoms with van der Waals surface area (Å²) in [5.41, 5.74) is -0.0367. The van der Waals surface area contributed by atoms with Gasteiger partial charge in [0.15, 0.2) is 0 Å². The number of rotatable bonds is 2. The van der Waals surface area contributed by atoms with Crippen LogP contribution >= 0.6 is 0 Å². The molecule has 8 heteroatoms. The molecule has 0 unspecified atom stereocenters. The van der Waals surface area contributed by atoms with E-state index in [1.165, 1.54) is 12.1 Å². The van der Waals surface area contributed by atoms with Gasteiger partial charge in [-0.25, -0.2) is 9.37 Å². The Morgan fingerprint density at radius 3 is 2.31 bits per heavy atom. The molecule has 0 spiro atoms. The first-order chi connectivity index (χ1) is 12.3. The molecule has 0 bridgehead atoms. The van der Waals surface area contributed by atoms with Crippen LogP contribution in [0.15, 0.2) is 36.5 Å². The summed E-state index contributed by atoms with van der Waals surface area (Å²) in [6, 6.07) is 6.70. The van der Waals surface area contributed by atoms with E-state index in [1.807, 2.05) is 4.90 Å². The van der Waals surface area contributed by atoms with Crippen LogP contribution in [-0.2, 0) is 6.18 Å². The van der Waals surface area contributed by atoms with Crippen molar-refractivity contribution >= 4 is 11.7 Å². The summed E-state index contributed by atoms with van der Waals surface area (Å²) in [5.74, 6) is -0.251. The van der Waals surface area contributed by atoms with Gasteiger partial charge in [-0.05, 0) is 36.8 Å². The topological polar surface area (TPSA) is 36.4 Å². The Kier molecular flexibility index (Phi) is 4.84. The number of halogens is 4. The number of carbonyl (C=O) groups is 1. The van der Waals surface area contributed by atoms with Gasteiger partial charge < -0.3 is 9.80 Å². The number of amides is 1. The minimum atomic E-state index is -4.42. The van der Waals surface area contributed by atoms with Gasteiger partial charge >= 0.3 is 6.18 Å². The van der Waals surface area contributed by atoms with Crippen molar-refractivity contribution in [2.75, 3.05) is 31.1 Å². The van der Waals surface area contributed by atoms with Gasteiger partial charge in [0, 0.05) is 37.9 Å². The van der Waals surface area contributed by atoms with E-state index in [4.69, 9.17) is 0 Å². The summed E-state index contributed by atoms with van der Waals surface area (Å²) in [4.78, 5) is 19.8. The largest absolute Gasteiger partial charge is 0.417 e. The number of hydrogen-bond donors (Lipinski definition) is 0. The SMILES string of the molecule is Cc1ccc(C(=O)N2CCN(c3ccc(C(F)(F)F)cn3)CC2)cc1F. The third-order valence-corrected chi connectivity index (χ3v) is 4.38. The van der Waals surface area contributed by atoms with E-state index < -0.39 is 17.6 Å². The van der Waals surface area contributed by atoms with Crippen LogP contribution < -0.4 is 4.90 Å². The number of carbonyl (C=O) groups excluding carboxylic acids is 1. The molecule has 2 heterocycles. The Morgan fingerprint density at radius 1 is 1.08 bits per heavy atom. The number of piperazine rings is 1. The minimum absolute atomic E-state index is 0.260. The molecular weight excluding hydrogens is 350 g/mol. The van der Waals surface area contributed by atoms with Gasteiger partial charge in [0.05, 0.1) is 5.56 Å². The number of nitrogens with zero attached hydrogens (tertiary/aromatic N) is 3. The Bertz CT molecular complexity index is 797. The van der Waals surface area contributed by atoms with Crippen molar-refractivity contribution in [3.8, 4) is 0 Å². The van der Waals surface area contributed by atoms with E-state index in [2.05, 4.69) is 4.98 Å². The maximum Gasteiger partial charge on any atom is 0.417 e. The van der Waals surface area contributed by atoms with Gasteiger partial charge in [-0.2, -0.15) is 13.2 Å². The number of aromatic nitrogens is 1. The second kappa shape index (κ2) is 6.93. The first-order valence-electron chi connectivity index (χ1n) is 8.09. The van der Waals surface area contributed by atoms with Crippen LogP contribution in [0.5, 0.6) is 0 Å². The lowest BCUT2D eigenvalue weighted by Crippen LogP contribution is -2.49. The molecule has 3 rings (SSSR count). The number of aryl methyl sites for hydroxylation is 1. The molecule has 1 fully saturated rings. The van der Waals surface area contributed by atoms with Crippen molar-refractivity contribution in [3.63, 3.8) is 0 Å². The number of hydrogen-bond acceptors (Lipinski definition) is 3. The highest BCUT2D eigenvalue weighted by Crippen LogP contribution is 2.29. The average Bonchev–Trinajstić information content (AvgIpc) is 2.63. The Labute approximate surface area is 148 Å². The van der Waals surface area contributed by atoms with E-state index in [0.29, 0.717) is 37.6 Å². The van der Waals surface area contributed by atoms with E-state index >= 15 is 0 Å². The maximum atomic E-state index is 13.6. The molecule has 0 atom stereocenters. The molecule has 1 aliphatic rings. The molecule has 4 nitrogen and oxygen atoms in total. The van der Waals surface area contributed by atoms with E-state index in [-0.39, 0.29) is 11.5 Å². The van der Waals surface area contributed by atoms with Crippen LogP contribution in [-0.4, -0.2) is 42.0 Å². The normalized spacial score (nSPS) is 15.3. The van der Waals surface area contributed by atoms with Gasteiger partial charge in [0.1, 0.15) is 11.6 Å². The highest BCUT2D eigenvalue weighted by Gasteiger charge is 2.31. The van der Waals surface area contributed by atoms with Gasteiger partial charge in [0.25, 0.3) is 5.91 Å². The lowest BCUT2D eigenvalue weighted by molar-refractivity contribution is -0.137. The monoisotopic (exact) mass is 367 g/mol. The Balaban J connectivity index is 1.63. The van der Waals surface area contributed by atoms with Gasteiger partial charge in [-0.15, -0.1) is 0 Å². The summed E-state index contributed by atoms with van der Waals surface area (Å²) in [5, 5.41) is 0. The molecule has 26 heavy (non-hydrogen) atoms. The third kappa shape index (κ3) is 3.79. The molecule has 1 aromatic heterocycles. The maximum absolute atomic E-state index is 13.6. The number of benzene rings is 1. The fourth-order valence-corrected chi connectivity index (χ4v) is 2.79. The van der Waals surface area contributed by atoms with Crippen LogP contribution in [0.1, 0.15) is 21.5 Å². The Morgan fingerprint density at radius 2 is 1.77 bits per heavy atom. The molecule has 2 aromatic rings. The molecule has 0 aliphatic carbocycles. The van der Waals surface area contributed by atoms with Crippen molar-refractivity contribution in [1.29, 1.82) is 0 Å². The number of pyridine rings is 1. The molecule has 138 valence electrons. The summed E-state index contributed by atoms with van der Waals surface area (Å²) in [6.45, 7) is 3.28. The van der Waals surface area contributed by atoms with E-state index in [9.17, 15) is 22.4 Å². The van der Waals surface area contributed by atoms with Gasteiger partial charge in [0.2, 0.25) is 0 Å². The first kappa shape index (κ1) is 18.2. The first-order valence-corrected chi connectivity index (χ1v) is 8.09. The van der Waals surface area contributed by atoms with Crippen LogP contribution in [0, 0.1) is 12.7 Å². The highest BCUT2D eigenvalue weighted by atomic mass is 19.4. The molecule has 1 aliphatic heterocycles. The second-order valence-corrected chi connectivity index (χ2v) is 6.15. The summed E-state index contributed by atoms with van der Waals surface area (Å²) >= 11 is 0. The van der Waals surface area contributed by atoms with Crippen molar-refractivity contribution in [3.05, 3.63) is 59.0 Å². The lowest BCUT2D eigenvalue weighted by atomic mass is 10.1. The molecular formula is C18H17F4N3O. The van der Waals surface area contributed by atoms with Crippen LogP contribution in [0.4, 0.5) is 23.4 Å². The molecule has 0 saturated carbocycles. The molecule has 1 aromatic carbocycles. The minimum Gasteiger partial charge on any atom is -0.353 e. The second-order valence-electron chi connectivity index (χ2n) is 6.15. The predicted octanol–water partition coefficient (Wildman–Crippen LogP) is 3.51. The van der Waals surface area contributed by atoms with Crippen molar-refractivity contribution in [1.82, 2.24) is 9.88 Å². The van der Waals surface area contributed by atoms with E-state index in [1.54, 1.807) is 24.0 Å². The summed E-state index contributed by atoms with van der Waals surface area (Å²) < 4.78 is 51.4. The average molecular weight is 367 g/mol. The van der Waals surface area contributed by atoms with Crippen LogP contribution in [0.2, 0.25) is 0 Å². The van der Waals surface area contributed by atoms with E-state index in [0.717, 1.165) is 12.3 Å². The molecule has 0 radical (unpaired) electrons.